The minimum Gasteiger partial charge on any atom is -0.431 e. The van der Waals surface area contributed by atoms with E-state index >= 15 is 0 Å². The lowest BCUT2D eigenvalue weighted by atomic mass is 10.3. The third kappa shape index (κ3) is 8.37. The Balaban J connectivity index is 1.62. The molecule has 5 aromatic carbocycles. The van der Waals surface area contributed by atoms with Crippen molar-refractivity contribution in [2.45, 2.75) is 0 Å². The van der Waals surface area contributed by atoms with E-state index in [4.69, 9.17) is 38.4 Å². The molecule has 1 atom stereocenters. The molecule has 0 saturated heterocycles. The van der Waals surface area contributed by atoms with Crippen LogP contribution in [0.1, 0.15) is 0 Å². The number of hydrogen-bond acceptors (Lipinski definition) is 8. The number of halogens is 6. The normalized spacial score (nSPS) is 17.7. The molecule has 0 radical (unpaired) electrons. The van der Waals surface area contributed by atoms with Crippen molar-refractivity contribution in [3.8, 4) is 28.7 Å². The first-order valence-corrected chi connectivity index (χ1v) is 18.9. The van der Waals surface area contributed by atoms with Crippen molar-refractivity contribution in [2.24, 2.45) is 13.5 Å². The minimum atomic E-state index is -4.27. The molecule has 5 aromatic rings. The molecule has 0 fully saturated rings. The van der Waals surface area contributed by atoms with Gasteiger partial charge in [-0.2, -0.15) is 0 Å². The third-order valence-corrected chi connectivity index (χ3v) is 14.9. The van der Waals surface area contributed by atoms with E-state index in [-0.39, 0.29) is 28.7 Å². The lowest BCUT2D eigenvalue weighted by molar-refractivity contribution is 0.456. The zero-order valence-corrected chi connectivity index (χ0v) is 27.0. The largest absolute Gasteiger partial charge is 0.459 e. The summed E-state index contributed by atoms with van der Waals surface area (Å²) in [5.74, 6) is -2.75. The zero-order chi connectivity index (χ0) is 33.1. The molecule has 1 unspecified atom stereocenters. The Morgan fingerprint density at radius 1 is 0.340 bits per heavy atom. The van der Waals surface area contributed by atoms with Crippen LogP contribution >= 0.6 is 33.3 Å². The first kappa shape index (κ1) is 32.7. The Morgan fingerprint density at radius 2 is 0.574 bits per heavy atom. The highest BCUT2D eigenvalue weighted by Gasteiger charge is 2.46. The molecule has 0 N–H and O–H groups in total. The van der Waals surface area contributed by atoms with Crippen LogP contribution in [0.3, 0.4) is 0 Å². The van der Waals surface area contributed by atoms with Gasteiger partial charge in [0.1, 0.15) is 57.8 Å². The van der Waals surface area contributed by atoms with Gasteiger partial charge >= 0.3 is 22.1 Å². The zero-order valence-electron chi connectivity index (χ0n) is 23.5. The highest BCUT2D eigenvalue weighted by atomic mass is 35.7. The summed E-state index contributed by atoms with van der Waals surface area (Å²) in [4.78, 5) is 0. The molecule has 0 aromatic heterocycles. The molecule has 6 rings (SSSR count). The number of rotatable bonds is 10. The quantitative estimate of drug-likeness (QED) is 0.106. The van der Waals surface area contributed by atoms with Crippen molar-refractivity contribution in [1.29, 1.82) is 0 Å². The summed E-state index contributed by atoms with van der Waals surface area (Å²) in [6.45, 7) is -4.12. The van der Waals surface area contributed by atoms with Gasteiger partial charge in [-0.25, -0.2) is 22.0 Å². The maximum absolute atomic E-state index is 13.9. The maximum Gasteiger partial charge on any atom is 0.459 e. The Morgan fingerprint density at radius 3 is 0.851 bits per heavy atom. The van der Waals surface area contributed by atoms with Gasteiger partial charge in [-0.15, -0.1) is 9.03 Å². The van der Waals surface area contributed by atoms with Crippen molar-refractivity contribution < 1.29 is 44.6 Å². The van der Waals surface area contributed by atoms with Crippen LogP contribution in [0.15, 0.2) is 135 Å². The van der Waals surface area contributed by atoms with Crippen molar-refractivity contribution in [3.05, 3.63) is 150 Å². The molecule has 1 aliphatic rings. The summed E-state index contributed by atoms with van der Waals surface area (Å²) < 4.78 is 114. The summed E-state index contributed by atoms with van der Waals surface area (Å²) in [6.07, 6.45) is 0. The fourth-order valence-electron chi connectivity index (χ4n) is 3.86. The first-order chi connectivity index (χ1) is 22.5. The molecule has 0 spiro atoms. The molecule has 1 aliphatic heterocycles. The molecule has 0 bridgehead atoms. The van der Waals surface area contributed by atoms with Crippen molar-refractivity contribution in [2.75, 3.05) is 0 Å². The van der Waals surface area contributed by atoms with Crippen LogP contribution in [0.25, 0.3) is 0 Å². The predicted molar refractivity (Wildman–Crippen MR) is 169 cm³/mol. The summed E-state index contributed by atoms with van der Waals surface area (Å²) in [5.41, 5.74) is 0. The van der Waals surface area contributed by atoms with Gasteiger partial charge in [0.15, 0.2) is 0 Å². The average molecular weight is 726 g/mol. The number of benzene rings is 5. The van der Waals surface area contributed by atoms with E-state index in [1.807, 2.05) is 0 Å². The predicted octanol–water partition coefficient (Wildman–Crippen LogP) is 12.2. The van der Waals surface area contributed by atoms with Crippen LogP contribution in [0.4, 0.5) is 22.0 Å². The second-order valence-electron chi connectivity index (χ2n) is 9.45. The van der Waals surface area contributed by atoms with E-state index in [0.29, 0.717) is 0 Å². The van der Waals surface area contributed by atoms with Crippen molar-refractivity contribution >= 4 is 33.3 Å². The van der Waals surface area contributed by atoms with Gasteiger partial charge in [0.05, 0.1) is 0 Å². The van der Waals surface area contributed by atoms with Gasteiger partial charge in [-0.05, 0) is 133 Å². The van der Waals surface area contributed by atoms with Gasteiger partial charge in [0.2, 0.25) is 0 Å². The molecule has 242 valence electrons. The topological polar surface area (TPSA) is 83.2 Å². The SMILES string of the molecule is Fc1ccc(OP2(Cl)=NP(Oc3ccc(F)cc3)(Oc3ccc(F)cc3)=NP(Oc3ccc(F)cc3)(Oc3ccc(F)cc3)=N2)cc1. The Kier molecular flexibility index (Phi) is 9.35. The maximum atomic E-state index is 13.9. The van der Waals surface area contributed by atoms with Crippen molar-refractivity contribution in [1.82, 2.24) is 0 Å². The molecule has 1 heterocycles. The second-order valence-corrected chi connectivity index (χ2v) is 16.7. The molecule has 0 aliphatic carbocycles. The van der Waals surface area contributed by atoms with E-state index in [2.05, 4.69) is 9.03 Å². The summed E-state index contributed by atoms with van der Waals surface area (Å²) >= 11 is 7.08. The first-order valence-electron chi connectivity index (χ1n) is 13.4. The minimum absolute atomic E-state index is 0.0166. The van der Waals surface area contributed by atoms with E-state index in [1.54, 1.807) is 0 Å². The Hall–Kier alpha value is -4.27. The molecule has 17 heteroatoms. The van der Waals surface area contributed by atoms with Crippen LogP contribution in [0.2, 0.25) is 0 Å². The van der Waals surface area contributed by atoms with Gasteiger partial charge in [-0.3, -0.25) is 0 Å². The Bertz CT molecular complexity index is 1850. The number of nitrogens with zero attached hydrogens (tertiary/aromatic N) is 3. The van der Waals surface area contributed by atoms with Crippen molar-refractivity contribution in [3.63, 3.8) is 0 Å². The average Bonchev–Trinajstić information content (AvgIpc) is 3.02. The third-order valence-electron chi connectivity index (χ3n) is 5.86. The molecular formula is C30H20ClF5N3O5P3. The highest BCUT2D eigenvalue weighted by Crippen LogP contribution is 2.80. The smallest absolute Gasteiger partial charge is 0.431 e. The highest BCUT2D eigenvalue weighted by molar-refractivity contribution is 7.94. The van der Waals surface area contributed by atoms with E-state index < -0.39 is 51.2 Å². The fraction of sp³-hybridized carbons (Fsp3) is 0. The molecule has 47 heavy (non-hydrogen) atoms. The monoisotopic (exact) mass is 725 g/mol. The van der Waals surface area contributed by atoms with Crippen LogP contribution in [-0.4, -0.2) is 0 Å². The second kappa shape index (κ2) is 13.5. The van der Waals surface area contributed by atoms with Crippen LogP contribution in [0, 0.1) is 29.1 Å². The lowest BCUT2D eigenvalue weighted by Gasteiger charge is -2.31. The molecule has 0 amide bonds. The van der Waals surface area contributed by atoms with Crippen LogP contribution < -0.4 is 22.6 Å². The summed E-state index contributed by atoms with van der Waals surface area (Å²) in [5, 5.41) is 0. The van der Waals surface area contributed by atoms with Gasteiger partial charge < -0.3 is 22.6 Å². The van der Waals surface area contributed by atoms with E-state index in [1.165, 1.54) is 60.7 Å². The Labute approximate surface area is 270 Å². The molecule has 8 nitrogen and oxygen atoms in total. The van der Waals surface area contributed by atoms with Crippen LogP contribution in [-0.2, 0) is 0 Å². The van der Waals surface area contributed by atoms with E-state index in [0.717, 1.165) is 60.7 Å². The van der Waals surface area contributed by atoms with Gasteiger partial charge in [-0.1, -0.05) is 4.52 Å². The van der Waals surface area contributed by atoms with Gasteiger partial charge in [0, 0.05) is 0 Å². The van der Waals surface area contributed by atoms with Gasteiger partial charge in [0.25, 0.3) is 0 Å². The molecule has 0 saturated carbocycles. The summed E-state index contributed by atoms with van der Waals surface area (Å²) in [6, 6.07) is 23.9. The van der Waals surface area contributed by atoms with E-state index in [9.17, 15) is 22.0 Å². The lowest BCUT2D eigenvalue weighted by Crippen LogP contribution is -2.08. The summed E-state index contributed by atoms with van der Waals surface area (Å²) in [7, 11) is -8.53. The standard InChI is InChI=1S/C30H20ClF5N3O5P3/c31-45(40-26-11-1-21(32)2-12-26)37-46(41-27-13-3-22(33)4-14-27,42-28-15-5-23(34)6-16-28)39-47(38-45,43-29-17-7-24(35)8-18-29)44-30-19-9-25(36)10-20-30/h1-20H. The molecular weight excluding hydrogens is 706 g/mol. The van der Waals surface area contributed by atoms with Crippen LogP contribution in [0.5, 0.6) is 28.7 Å². The number of hydrogen-bond donors (Lipinski definition) is 0. The fourth-order valence-corrected chi connectivity index (χ4v) is 13.9.